The second kappa shape index (κ2) is 5.57. The van der Waals surface area contributed by atoms with E-state index in [1.165, 1.54) is 10.8 Å². The van der Waals surface area contributed by atoms with Gasteiger partial charge in [-0.05, 0) is 21.9 Å². The number of hydrogen-bond donors (Lipinski definition) is 1. The van der Waals surface area contributed by atoms with Gasteiger partial charge in [0.1, 0.15) is 0 Å². The molecule has 0 bridgehead atoms. The molecule has 3 aromatic carbocycles. The molecule has 20 heavy (non-hydrogen) atoms. The molecule has 2 nitrogen and oxygen atoms in total. The molecule has 0 unspecified atom stereocenters. The monoisotopic (exact) mass is 261 g/mol. The fourth-order valence-corrected chi connectivity index (χ4v) is 2.37. The summed E-state index contributed by atoms with van der Waals surface area (Å²) in [5, 5.41) is 15.1. The number of hydrogen-bond acceptors (Lipinski definition) is 2. The van der Waals surface area contributed by atoms with Gasteiger partial charge in [-0.3, -0.25) is 0 Å². The Morgan fingerprint density at radius 3 is 2.25 bits per heavy atom. The SMILES string of the molecule is ON=C(Cc1ccc2ccccc2c1)c1ccccc1. The van der Waals surface area contributed by atoms with E-state index < -0.39 is 0 Å². The minimum absolute atomic E-state index is 0.616. The summed E-state index contributed by atoms with van der Waals surface area (Å²) in [7, 11) is 0. The number of benzene rings is 3. The molecule has 3 rings (SSSR count). The minimum atomic E-state index is 0.616. The highest BCUT2D eigenvalue weighted by atomic mass is 16.4. The lowest BCUT2D eigenvalue weighted by Crippen LogP contribution is -2.05. The Bertz CT molecular complexity index is 747. The quantitative estimate of drug-likeness (QED) is 0.426. The Hall–Kier alpha value is -2.61. The topological polar surface area (TPSA) is 32.6 Å². The van der Waals surface area contributed by atoms with E-state index in [4.69, 9.17) is 0 Å². The highest BCUT2D eigenvalue weighted by Gasteiger charge is 2.06. The smallest absolute Gasteiger partial charge is 0.0911 e. The number of rotatable bonds is 3. The number of oxime groups is 1. The van der Waals surface area contributed by atoms with Gasteiger partial charge >= 0.3 is 0 Å². The third-order valence-electron chi connectivity index (χ3n) is 3.41. The third kappa shape index (κ3) is 2.54. The molecule has 98 valence electrons. The molecule has 0 aliphatic heterocycles. The molecule has 0 fully saturated rings. The maximum atomic E-state index is 9.24. The summed E-state index contributed by atoms with van der Waals surface area (Å²) in [6.07, 6.45) is 0.616. The van der Waals surface area contributed by atoms with Gasteiger partial charge in [0.05, 0.1) is 5.71 Å². The van der Waals surface area contributed by atoms with E-state index in [1.807, 2.05) is 42.5 Å². The maximum absolute atomic E-state index is 9.24. The first kappa shape index (κ1) is 12.4. The summed E-state index contributed by atoms with van der Waals surface area (Å²) >= 11 is 0. The van der Waals surface area contributed by atoms with Gasteiger partial charge in [0.25, 0.3) is 0 Å². The van der Waals surface area contributed by atoms with Crippen LogP contribution in [0.2, 0.25) is 0 Å². The van der Waals surface area contributed by atoms with Crippen LogP contribution < -0.4 is 0 Å². The lowest BCUT2D eigenvalue weighted by molar-refractivity contribution is 0.318. The standard InChI is InChI=1S/C18H15NO/c20-19-18(16-7-2-1-3-8-16)13-14-10-11-15-6-4-5-9-17(15)12-14/h1-12,20H,13H2. The van der Waals surface area contributed by atoms with E-state index in [1.54, 1.807) is 0 Å². The molecular weight excluding hydrogens is 246 g/mol. The minimum Gasteiger partial charge on any atom is -0.411 e. The predicted octanol–water partition coefficient (Wildman–Crippen LogP) is 4.26. The van der Waals surface area contributed by atoms with Crippen molar-refractivity contribution in [3.63, 3.8) is 0 Å². The van der Waals surface area contributed by atoms with Crippen molar-refractivity contribution < 1.29 is 5.21 Å². The molecule has 0 aromatic heterocycles. The molecule has 0 atom stereocenters. The Kier molecular flexibility index (Phi) is 3.46. The zero-order chi connectivity index (χ0) is 13.8. The lowest BCUT2D eigenvalue weighted by Gasteiger charge is -2.06. The normalized spacial score (nSPS) is 11.7. The largest absolute Gasteiger partial charge is 0.411 e. The summed E-state index contributed by atoms with van der Waals surface area (Å²) in [5.74, 6) is 0. The van der Waals surface area contributed by atoms with E-state index in [0.29, 0.717) is 12.1 Å². The molecule has 0 aliphatic rings. The Morgan fingerprint density at radius 2 is 1.50 bits per heavy atom. The maximum Gasteiger partial charge on any atom is 0.0911 e. The first-order valence-corrected chi connectivity index (χ1v) is 6.61. The molecule has 0 saturated heterocycles. The highest BCUT2D eigenvalue weighted by molar-refractivity contribution is 6.01. The van der Waals surface area contributed by atoms with E-state index >= 15 is 0 Å². The second-order valence-electron chi connectivity index (χ2n) is 4.77. The van der Waals surface area contributed by atoms with Gasteiger partial charge in [-0.15, -0.1) is 0 Å². The Labute approximate surface area is 118 Å². The van der Waals surface area contributed by atoms with Gasteiger partial charge in [0.2, 0.25) is 0 Å². The zero-order valence-corrected chi connectivity index (χ0v) is 11.0. The van der Waals surface area contributed by atoms with Gasteiger partial charge in [-0.1, -0.05) is 78.0 Å². The third-order valence-corrected chi connectivity index (χ3v) is 3.41. The van der Waals surface area contributed by atoms with Gasteiger partial charge in [-0.2, -0.15) is 0 Å². The summed E-state index contributed by atoms with van der Waals surface area (Å²) in [6.45, 7) is 0. The van der Waals surface area contributed by atoms with Gasteiger partial charge in [0.15, 0.2) is 0 Å². The van der Waals surface area contributed by atoms with Crippen LogP contribution in [0.4, 0.5) is 0 Å². The van der Waals surface area contributed by atoms with E-state index in [-0.39, 0.29) is 0 Å². The molecule has 0 radical (unpaired) electrons. The Morgan fingerprint density at radius 1 is 0.800 bits per heavy atom. The summed E-state index contributed by atoms with van der Waals surface area (Å²) < 4.78 is 0. The molecule has 0 aliphatic carbocycles. The summed E-state index contributed by atoms with van der Waals surface area (Å²) in [5.41, 5.74) is 2.77. The predicted molar refractivity (Wildman–Crippen MR) is 82.4 cm³/mol. The van der Waals surface area contributed by atoms with Crippen molar-refractivity contribution in [3.8, 4) is 0 Å². The van der Waals surface area contributed by atoms with Gasteiger partial charge in [0, 0.05) is 6.42 Å². The molecular formula is C18H15NO. The first-order chi connectivity index (χ1) is 9.86. The van der Waals surface area contributed by atoms with Crippen LogP contribution in [0.25, 0.3) is 10.8 Å². The van der Waals surface area contributed by atoms with Crippen molar-refractivity contribution >= 4 is 16.5 Å². The lowest BCUT2D eigenvalue weighted by atomic mass is 10.00. The fourth-order valence-electron chi connectivity index (χ4n) is 2.37. The molecule has 0 heterocycles. The average molecular weight is 261 g/mol. The molecule has 0 amide bonds. The van der Waals surface area contributed by atoms with Crippen molar-refractivity contribution in [1.29, 1.82) is 0 Å². The fraction of sp³-hybridized carbons (Fsp3) is 0.0556. The van der Waals surface area contributed by atoms with Crippen LogP contribution in [0.5, 0.6) is 0 Å². The van der Waals surface area contributed by atoms with E-state index in [9.17, 15) is 5.21 Å². The van der Waals surface area contributed by atoms with Crippen LogP contribution in [0.3, 0.4) is 0 Å². The zero-order valence-electron chi connectivity index (χ0n) is 11.0. The van der Waals surface area contributed by atoms with Crippen LogP contribution in [-0.2, 0) is 6.42 Å². The molecule has 3 aromatic rings. The van der Waals surface area contributed by atoms with Crippen LogP contribution in [0.15, 0.2) is 78.0 Å². The van der Waals surface area contributed by atoms with Crippen molar-refractivity contribution in [2.24, 2.45) is 5.16 Å². The average Bonchev–Trinajstić information content (AvgIpc) is 2.53. The van der Waals surface area contributed by atoms with Crippen LogP contribution in [0, 0.1) is 0 Å². The van der Waals surface area contributed by atoms with Crippen LogP contribution in [0.1, 0.15) is 11.1 Å². The van der Waals surface area contributed by atoms with Gasteiger partial charge in [-0.25, -0.2) is 0 Å². The molecule has 0 spiro atoms. The number of fused-ring (bicyclic) bond motifs is 1. The summed E-state index contributed by atoms with van der Waals surface area (Å²) in [6, 6.07) is 24.3. The first-order valence-electron chi connectivity index (χ1n) is 6.61. The molecule has 1 N–H and O–H groups in total. The summed E-state index contributed by atoms with van der Waals surface area (Å²) in [4.78, 5) is 0. The van der Waals surface area contributed by atoms with Crippen molar-refractivity contribution in [1.82, 2.24) is 0 Å². The Balaban J connectivity index is 1.92. The van der Waals surface area contributed by atoms with Crippen LogP contribution >= 0.6 is 0 Å². The van der Waals surface area contributed by atoms with E-state index in [0.717, 1.165) is 11.1 Å². The van der Waals surface area contributed by atoms with E-state index in [2.05, 4.69) is 35.5 Å². The number of nitrogens with zero attached hydrogens (tertiary/aromatic N) is 1. The highest BCUT2D eigenvalue weighted by Crippen LogP contribution is 2.17. The molecule has 0 saturated carbocycles. The van der Waals surface area contributed by atoms with Crippen LogP contribution in [-0.4, -0.2) is 10.9 Å². The van der Waals surface area contributed by atoms with Crippen molar-refractivity contribution in [2.75, 3.05) is 0 Å². The molecule has 2 heteroatoms. The van der Waals surface area contributed by atoms with Gasteiger partial charge < -0.3 is 5.21 Å². The second-order valence-corrected chi connectivity index (χ2v) is 4.77. The van der Waals surface area contributed by atoms with Crippen molar-refractivity contribution in [2.45, 2.75) is 6.42 Å². The van der Waals surface area contributed by atoms with Crippen molar-refractivity contribution in [3.05, 3.63) is 83.9 Å².